The van der Waals surface area contributed by atoms with E-state index in [2.05, 4.69) is 54.4 Å². The first-order chi connectivity index (χ1) is 9.40. The van der Waals surface area contributed by atoms with Crippen LogP contribution in [0, 0.1) is 0 Å². The minimum atomic E-state index is 1.19. The number of aromatic amines is 1. The van der Waals surface area contributed by atoms with E-state index in [1.807, 2.05) is 0 Å². The average Bonchev–Trinajstić information content (AvgIpc) is 2.83. The van der Waals surface area contributed by atoms with Crippen molar-refractivity contribution in [2.24, 2.45) is 0 Å². The standard InChI is InChI=1S/C18H21N/c1-2-3-4-5-9-14-10-8-13-17-18(14)15-11-6-7-12-16(15)19-17/h6-8,10-13,19H,2-5,9H2,1H3. The van der Waals surface area contributed by atoms with Gasteiger partial charge in [0, 0.05) is 21.8 Å². The summed E-state index contributed by atoms with van der Waals surface area (Å²) < 4.78 is 0. The molecule has 1 heteroatoms. The fraction of sp³-hybridized carbons (Fsp3) is 0.333. The molecule has 3 aromatic rings. The maximum Gasteiger partial charge on any atom is 0.0467 e. The summed E-state index contributed by atoms with van der Waals surface area (Å²) in [5, 5.41) is 2.79. The number of rotatable bonds is 5. The lowest BCUT2D eigenvalue weighted by Crippen LogP contribution is -1.87. The Morgan fingerprint density at radius 1 is 0.842 bits per heavy atom. The van der Waals surface area contributed by atoms with E-state index in [9.17, 15) is 0 Å². The average molecular weight is 251 g/mol. The summed E-state index contributed by atoms with van der Waals surface area (Å²) >= 11 is 0. The summed E-state index contributed by atoms with van der Waals surface area (Å²) in [6.45, 7) is 2.26. The molecule has 0 bridgehead atoms. The first-order valence-corrected chi connectivity index (χ1v) is 7.38. The molecule has 0 fully saturated rings. The zero-order valence-electron chi connectivity index (χ0n) is 11.6. The Morgan fingerprint density at radius 2 is 1.68 bits per heavy atom. The molecule has 0 radical (unpaired) electrons. The van der Waals surface area contributed by atoms with Crippen LogP contribution in [-0.2, 0) is 6.42 Å². The van der Waals surface area contributed by atoms with Gasteiger partial charge in [-0.1, -0.05) is 56.5 Å². The predicted octanol–water partition coefficient (Wildman–Crippen LogP) is 5.44. The van der Waals surface area contributed by atoms with Crippen LogP contribution in [0.4, 0.5) is 0 Å². The summed E-state index contributed by atoms with van der Waals surface area (Å²) in [7, 11) is 0. The van der Waals surface area contributed by atoms with Crippen molar-refractivity contribution in [3.05, 3.63) is 48.0 Å². The van der Waals surface area contributed by atoms with Crippen LogP contribution in [0.25, 0.3) is 21.8 Å². The Hall–Kier alpha value is -1.76. The first kappa shape index (κ1) is 12.3. The van der Waals surface area contributed by atoms with E-state index < -0.39 is 0 Å². The topological polar surface area (TPSA) is 15.8 Å². The van der Waals surface area contributed by atoms with Crippen LogP contribution in [0.15, 0.2) is 42.5 Å². The van der Waals surface area contributed by atoms with Gasteiger partial charge in [-0.3, -0.25) is 0 Å². The molecule has 98 valence electrons. The van der Waals surface area contributed by atoms with Crippen LogP contribution in [0.3, 0.4) is 0 Å². The summed E-state index contributed by atoms with van der Waals surface area (Å²) in [6, 6.07) is 15.3. The Morgan fingerprint density at radius 3 is 2.58 bits per heavy atom. The molecule has 3 rings (SSSR count). The van der Waals surface area contributed by atoms with Gasteiger partial charge in [-0.05, 0) is 30.5 Å². The number of aromatic nitrogens is 1. The van der Waals surface area contributed by atoms with E-state index in [-0.39, 0.29) is 0 Å². The van der Waals surface area contributed by atoms with E-state index in [1.54, 1.807) is 0 Å². The number of fused-ring (bicyclic) bond motifs is 3. The number of H-pyrrole nitrogens is 1. The second-order valence-corrected chi connectivity index (χ2v) is 5.32. The molecule has 0 spiro atoms. The quantitative estimate of drug-likeness (QED) is 0.581. The third kappa shape index (κ3) is 2.37. The predicted molar refractivity (Wildman–Crippen MR) is 83.7 cm³/mol. The van der Waals surface area contributed by atoms with Crippen molar-refractivity contribution in [3.8, 4) is 0 Å². The normalized spacial score (nSPS) is 11.4. The third-order valence-corrected chi connectivity index (χ3v) is 3.92. The van der Waals surface area contributed by atoms with Crippen molar-refractivity contribution in [1.82, 2.24) is 4.98 Å². The van der Waals surface area contributed by atoms with Crippen molar-refractivity contribution in [3.63, 3.8) is 0 Å². The van der Waals surface area contributed by atoms with Crippen LogP contribution >= 0.6 is 0 Å². The molecule has 19 heavy (non-hydrogen) atoms. The summed E-state index contributed by atoms with van der Waals surface area (Å²) in [4.78, 5) is 3.52. The van der Waals surface area contributed by atoms with Gasteiger partial charge < -0.3 is 4.98 Å². The van der Waals surface area contributed by atoms with Gasteiger partial charge in [0.15, 0.2) is 0 Å². The van der Waals surface area contributed by atoms with Gasteiger partial charge in [0.2, 0.25) is 0 Å². The third-order valence-electron chi connectivity index (χ3n) is 3.92. The molecule has 2 aromatic carbocycles. The molecule has 1 N–H and O–H groups in total. The second-order valence-electron chi connectivity index (χ2n) is 5.32. The minimum absolute atomic E-state index is 1.19. The highest BCUT2D eigenvalue weighted by molar-refractivity contribution is 6.08. The number of unbranched alkanes of at least 4 members (excludes halogenated alkanes) is 3. The van der Waals surface area contributed by atoms with E-state index in [0.29, 0.717) is 0 Å². The van der Waals surface area contributed by atoms with Crippen LogP contribution in [0.2, 0.25) is 0 Å². The monoisotopic (exact) mass is 251 g/mol. The fourth-order valence-electron chi connectivity index (χ4n) is 2.93. The Labute approximate surface area is 114 Å². The SMILES string of the molecule is CCCCCCc1cccc2[nH]c3ccccc3c12. The van der Waals surface area contributed by atoms with Gasteiger partial charge in [-0.25, -0.2) is 0 Å². The zero-order chi connectivity index (χ0) is 13.1. The molecule has 0 saturated carbocycles. The van der Waals surface area contributed by atoms with E-state index in [0.717, 1.165) is 0 Å². The van der Waals surface area contributed by atoms with Crippen LogP contribution < -0.4 is 0 Å². The fourth-order valence-corrected chi connectivity index (χ4v) is 2.93. The largest absolute Gasteiger partial charge is 0.355 e. The summed E-state index contributed by atoms with van der Waals surface area (Å²) in [5.74, 6) is 0. The van der Waals surface area contributed by atoms with Crippen LogP contribution in [0.5, 0.6) is 0 Å². The molecule has 0 aliphatic carbocycles. The summed E-state index contributed by atoms with van der Waals surface area (Å²) in [5.41, 5.74) is 4.01. The molecule has 1 heterocycles. The van der Waals surface area contributed by atoms with Gasteiger partial charge in [0.25, 0.3) is 0 Å². The Balaban J connectivity index is 1.99. The Kier molecular flexibility index (Phi) is 3.54. The molecule has 0 amide bonds. The zero-order valence-corrected chi connectivity index (χ0v) is 11.6. The van der Waals surface area contributed by atoms with Gasteiger partial charge >= 0.3 is 0 Å². The van der Waals surface area contributed by atoms with Crippen molar-refractivity contribution in [1.29, 1.82) is 0 Å². The van der Waals surface area contributed by atoms with E-state index in [1.165, 1.54) is 59.5 Å². The minimum Gasteiger partial charge on any atom is -0.355 e. The van der Waals surface area contributed by atoms with Crippen molar-refractivity contribution >= 4 is 21.8 Å². The van der Waals surface area contributed by atoms with Crippen molar-refractivity contribution in [2.75, 3.05) is 0 Å². The number of aryl methyl sites for hydroxylation is 1. The lowest BCUT2D eigenvalue weighted by atomic mass is 10.0. The molecular weight excluding hydrogens is 230 g/mol. The molecule has 0 saturated heterocycles. The number of hydrogen-bond acceptors (Lipinski definition) is 0. The molecule has 0 aliphatic heterocycles. The number of para-hydroxylation sites is 1. The van der Waals surface area contributed by atoms with Gasteiger partial charge in [-0.2, -0.15) is 0 Å². The molecule has 1 aromatic heterocycles. The molecular formula is C18H21N. The highest BCUT2D eigenvalue weighted by Gasteiger charge is 2.07. The van der Waals surface area contributed by atoms with Gasteiger partial charge in [-0.15, -0.1) is 0 Å². The number of hydrogen-bond donors (Lipinski definition) is 1. The lowest BCUT2D eigenvalue weighted by molar-refractivity contribution is 0.668. The van der Waals surface area contributed by atoms with Crippen molar-refractivity contribution < 1.29 is 0 Å². The lowest BCUT2D eigenvalue weighted by Gasteiger charge is -2.04. The highest BCUT2D eigenvalue weighted by Crippen LogP contribution is 2.29. The number of nitrogens with one attached hydrogen (secondary N) is 1. The van der Waals surface area contributed by atoms with E-state index >= 15 is 0 Å². The van der Waals surface area contributed by atoms with Crippen LogP contribution in [-0.4, -0.2) is 4.98 Å². The smallest absolute Gasteiger partial charge is 0.0467 e. The summed E-state index contributed by atoms with van der Waals surface area (Å²) in [6.07, 6.45) is 6.49. The molecule has 0 atom stereocenters. The van der Waals surface area contributed by atoms with Crippen LogP contribution in [0.1, 0.15) is 38.2 Å². The number of benzene rings is 2. The molecule has 0 unspecified atom stereocenters. The maximum absolute atomic E-state index is 3.52. The molecule has 1 nitrogen and oxygen atoms in total. The van der Waals surface area contributed by atoms with E-state index in [4.69, 9.17) is 0 Å². The van der Waals surface area contributed by atoms with Gasteiger partial charge in [0.05, 0.1) is 0 Å². The molecule has 0 aliphatic rings. The van der Waals surface area contributed by atoms with Gasteiger partial charge in [0.1, 0.15) is 0 Å². The maximum atomic E-state index is 3.52. The Bertz CT molecular complexity index is 678. The first-order valence-electron chi connectivity index (χ1n) is 7.38. The van der Waals surface area contributed by atoms with Crippen molar-refractivity contribution in [2.45, 2.75) is 39.0 Å². The highest BCUT2D eigenvalue weighted by atomic mass is 14.7. The second kappa shape index (κ2) is 5.48.